The lowest BCUT2D eigenvalue weighted by atomic mass is 9.95. The predicted molar refractivity (Wildman–Crippen MR) is 117 cm³/mol. The number of methoxy groups -OCH3 is 1. The predicted octanol–water partition coefficient (Wildman–Crippen LogP) is 5.37. The molecule has 6 nitrogen and oxygen atoms in total. The van der Waals surface area contributed by atoms with Gasteiger partial charge in [0.25, 0.3) is 0 Å². The average molecular weight is 412 g/mol. The molecule has 30 heavy (non-hydrogen) atoms. The van der Waals surface area contributed by atoms with Crippen molar-refractivity contribution in [2.24, 2.45) is 0 Å². The number of carbonyl (C=O) groups is 1. The van der Waals surface area contributed by atoms with Crippen molar-refractivity contribution in [2.75, 3.05) is 33.5 Å². The van der Waals surface area contributed by atoms with Crippen LogP contribution in [0.15, 0.2) is 30.3 Å². The number of hydrogen-bond acceptors (Lipinski definition) is 6. The summed E-state index contributed by atoms with van der Waals surface area (Å²) in [6.45, 7) is 9.63. The van der Waals surface area contributed by atoms with Crippen molar-refractivity contribution >= 4 is 27.5 Å². The maximum absolute atomic E-state index is 12.7. The van der Waals surface area contributed by atoms with E-state index < -0.39 is 5.97 Å². The van der Waals surface area contributed by atoms with Gasteiger partial charge in [0.15, 0.2) is 23.0 Å². The molecule has 6 heteroatoms. The number of esters is 1. The second-order valence-electron chi connectivity index (χ2n) is 6.48. The van der Waals surface area contributed by atoms with Crippen molar-refractivity contribution in [1.82, 2.24) is 0 Å². The third-order valence-electron chi connectivity index (χ3n) is 4.71. The Morgan fingerprint density at radius 3 is 1.80 bits per heavy atom. The molecule has 0 aliphatic rings. The third kappa shape index (κ3) is 3.95. The molecule has 0 heterocycles. The fraction of sp³-hybridized carbons (Fsp3) is 0.375. The highest BCUT2D eigenvalue weighted by Gasteiger charge is 2.21. The van der Waals surface area contributed by atoms with Crippen LogP contribution in [0.4, 0.5) is 0 Å². The van der Waals surface area contributed by atoms with Gasteiger partial charge in [-0.25, -0.2) is 4.79 Å². The largest absolute Gasteiger partial charge is 0.490 e. The molecule has 0 spiro atoms. The summed E-state index contributed by atoms with van der Waals surface area (Å²) in [6.07, 6.45) is 0. The molecule has 0 aromatic heterocycles. The highest BCUT2D eigenvalue weighted by Crippen LogP contribution is 2.43. The Bertz CT molecular complexity index is 1060. The molecule has 0 N–H and O–H groups in total. The van der Waals surface area contributed by atoms with E-state index >= 15 is 0 Å². The van der Waals surface area contributed by atoms with Gasteiger partial charge in [-0.3, -0.25) is 0 Å². The van der Waals surface area contributed by atoms with Crippen molar-refractivity contribution < 1.29 is 28.5 Å². The third-order valence-corrected chi connectivity index (χ3v) is 4.71. The van der Waals surface area contributed by atoms with E-state index in [1.54, 1.807) is 6.07 Å². The van der Waals surface area contributed by atoms with Crippen LogP contribution in [-0.2, 0) is 4.74 Å². The fourth-order valence-electron chi connectivity index (χ4n) is 3.56. The van der Waals surface area contributed by atoms with Crippen molar-refractivity contribution in [1.29, 1.82) is 0 Å². The number of benzene rings is 3. The summed E-state index contributed by atoms with van der Waals surface area (Å²) in [4.78, 5) is 12.7. The molecule has 160 valence electrons. The molecular weight excluding hydrogens is 384 g/mol. The molecule has 0 radical (unpaired) electrons. The Hall–Kier alpha value is -3.15. The van der Waals surface area contributed by atoms with Crippen molar-refractivity contribution in [2.45, 2.75) is 27.7 Å². The maximum Gasteiger partial charge on any atom is 0.338 e. The summed E-state index contributed by atoms with van der Waals surface area (Å²) >= 11 is 0. The Labute approximate surface area is 176 Å². The van der Waals surface area contributed by atoms with Crippen molar-refractivity contribution in [3.63, 3.8) is 0 Å². The summed E-state index contributed by atoms with van der Waals surface area (Å²) < 4.78 is 28.3. The number of fused-ring (bicyclic) bond motifs is 3. The first-order valence-electron chi connectivity index (χ1n) is 10.3. The molecule has 0 aliphatic carbocycles. The van der Waals surface area contributed by atoms with E-state index in [1.165, 1.54) is 7.11 Å². The van der Waals surface area contributed by atoms with Crippen LogP contribution in [0.3, 0.4) is 0 Å². The molecule has 3 aromatic carbocycles. The quantitative estimate of drug-likeness (QED) is 0.348. The SMILES string of the molecule is CCOc1cc2c(C(=O)OC)cc3c(OCC)c(OCC)ccc3c2cc1OCC. The zero-order valence-electron chi connectivity index (χ0n) is 18.2. The molecule has 0 aliphatic heterocycles. The van der Waals surface area contributed by atoms with E-state index in [-0.39, 0.29) is 0 Å². The van der Waals surface area contributed by atoms with Gasteiger partial charge in [-0.05, 0) is 68.8 Å². The summed E-state index contributed by atoms with van der Waals surface area (Å²) in [7, 11) is 1.37. The minimum absolute atomic E-state index is 0.429. The minimum Gasteiger partial charge on any atom is -0.490 e. The van der Waals surface area contributed by atoms with Gasteiger partial charge in [0.1, 0.15) is 0 Å². The average Bonchev–Trinajstić information content (AvgIpc) is 2.75. The van der Waals surface area contributed by atoms with Crippen molar-refractivity contribution in [3.8, 4) is 23.0 Å². The summed E-state index contributed by atoms with van der Waals surface area (Å²) in [6, 6.07) is 9.42. The Kier molecular flexibility index (Phi) is 6.87. The van der Waals surface area contributed by atoms with Gasteiger partial charge in [-0.1, -0.05) is 0 Å². The minimum atomic E-state index is -0.433. The number of carbonyl (C=O) groups excluding carboxylic acids is 1. The lowest BCUT2D eigenvalue weighted by Gasteiger charge is -2.18. The first-order chi connectivity index (χ1) is 14.6. The Balaban J connectivity index is 2.45. The second kappa shape index (κ2) is 9.57. The smallest absolute Gasteiger partial charge is 0.338 e. The summed E-state index contributed by atoms with van der Waals surface area (Å²) in [5, 5.41) is 3.28. The molecule has 0 saturated heterocycles. The fourth-order valence-corrected chi connectivity index (χ4v) is 3.56. The van der Waals surface area contributed by atoms with Crippen LogP contribution in [0.5, 0.6) is 23.0 Å². The standard InChI is InChI=1S/C24H28O6/c1-6-27-20-11-10-15-16-13-21(28-7-2)22(29-8-3)14-17(16)19(24(25)26-5)12-18(15)23(20)30-9-4/h10-14H,6-9H2,1-5H3. The van der Waals surface area contributed by atoms with E-state index in [4.69, 9.17) is 23.7 Å². The van der Waals surface area contributed by atoms with Crippen molar-refractivity contribution in [3.05, 3.63) is 35.9 Å². The highest BCUT2D eigenvalue weighted by molar-refractivity contribution is 6.18. The van der Waals surface area contributed by atoms with Gasteiger partial charge < -0.3 is 23.7 Å². The zero-order valence-corrected chi connectivity index (χ0v) is 18.2. The van der Waals surface area contributed by atoms with Crippen LogP contribution in [0.1, 0.15) is 38.1 Å². The first-order valence-corrected chi connectivity index (χ1v) is 10.3. The van der Waals surface area contributed by atoms with Crippen LogP contribution in [0.2, 0.25) is 0 Å². The zero-order chi connectivity index (χ0) is 21.7. The van der Waals surface area contributed by atoms with Crippen LogP contribution in [0.25, 0.3) is 21.5 Å². The summed E-state index contributed by atoms with van der Waals surface area (Å²) in [5.74, 6) is 2.03. The molecule has 3 rings (SSSR count). The monoisotopic (exact) mass is 412 g/mol. The molecule has 3 aromatic rings. The first kappa shape index (κ1) is 21.6. The van der Waals surface area contributed by atoms with E-state index in [1.807, 2.05) is 52.0 Å². The van der Waals surface area contributed by atoms with Crippen LogP contribution in [-0.4, -0.2) is 39.5 Å². The highest BCUT2D eigenvalue weighted by atomic mass is 16.5. The van der Waals surface area contributed by atoms with Crippen LogP contribution >= 0.6 is 0 Å². The molecule has 0 fully saturated rings. The molecule has 0 saturated carbocycles. The van der Waals surface area contributed by atoms with E-state index in [9.17, 15) is 4.79 Å². The lowest BCUT2D eigenvalue weighted by molar-refractivity contribution is 0.0603. The molecular formula is C24H28O6. The van der Waals surface area contributed by atoms with Gasteiger partial charge in [-0.2, -0.15) is 0 Å². The van der Waals surface area contributed by atoms with Gasteiger partial charge in [0.05, 0.1) is 39.1 Å². The molecule has 0 atom stereocenters. The Morgan fingerprint density at radius 1 is 0.667 bits per heavy atom. The number of hydrogen-bond donors (Lipinski definition) is 0. The lowest BCUT2D eigenvalue weighted by Crippen LogP contribution is -2.05. The van der Waals surface area contributed by atoms with Crippen LogP contribution in [0, 0.1) is 0 Å². The summed E-state index contributed by atoms with van der Waals surface area (Å²) in [5.41, 5.74) is 0.429. The number of rotatable bonds is 9. The van der Waals surface area contributed by atoms with Gasteiger partial charge >= 0.3 is 5.97 Å². The topological polar surface area (TPSA) is 63.2 Å². The normalized spacial score (nSPS) is 10.8. The van der Waals surface area contributed by atoms with Crippen LogP contribution < -0.4 is 18.9 Å². The van der Waals surface area contributed by atoms with E-state index in [0.717, 1.165) is 21.5 Å². The van der Waals surface area contributed by atoms with Gasteiger partial charge in [0, 0.05) is 10.8 Å². The van der Waals surface area contributed by atoms with E-state index in [0.29, 0.717) is 55.0 Å². The molecule has 0 amide bonds. The number of ether oxygens (including phenoxy) is 5. The second-order valence-corrected chi connectivity index (χ2v) is 6.48. The van der Waals surface area contributed by atoms with Gasteiger partial charge in [0.2, 0.25) is 0 Å². The molecule has 0 unspecified atom stereocenters. The maximum atomic E-state index is 12.7. The molecule has 0 bridgehead atoms. The van der Waals surface area contributed by atoms with Gasteiger partial charge in [-0.15, -0.1) is 0 Å². The van der Waals surface area contributed by atoms with E-state index in [2.05, 4.69) is 0 Å². The Morgan fingerprint density at radius 2 is 1.23 bits per heavy atom.